The lowest BCUT2D eigenvalue weighted by Crippen LogP contribution is -2.08. The molecule has 0 radical (unpaired) electrons. The highest BCUT2D eigenvalue weighted by atomic mass is 16.4. The Bertz CT molecular complexity index is 849. The fraction of sp³-hybridized carbons (Fsp3) is 0.167. The van der Waals surface area contributed by atoms with Gasteiger partial charge in [0, 0.05) is 31.6 Å². The predicted molar refractivity (Wildman–Crippen MR) is 85.7 cm³/mol. The van der Waals surface area contributed by atoms with E-state index in [1.165, 1.54) is 11.1 Å². The van der Waals surface area contributed by atoms with Gasteiger partial charge in [0.15, 0.2) is 0 Å². The average Bonchev–Trinajstić information content (AvgIpc) is 2.88. The van der Waals surface area contributed by atoms with Crippen molar-refractivity contribution in [1.82, 2.24) is 4.98 Å². The number of nitrogens with one attached hydrogen (secondary N) is 1. The number of hydrogen-bond acceptors (Lipinski definition) is 2. The van der Waals surface area contributed by atoms with E-state index in [0.29, 0.717) is 0 Å². The zero-order chi connectivity index (χ0) is 14.8. The molecule has 2 aromatic carbocycles. The quantitative estimate of drug-likeness (QED) is 0.536. The number of fused-ring (bicyclic) bond motifs is 5. The Morgan fingerprint density at radius 1 is 0.952 bits per heavy atom. The molecule has 21 heavy (non-hydrogen) atoms. The molecule has 0 amide bonds. The molecule has 106 valence electrons. The van der Waals surface area contributed by atoms with E-state index < -0.39 is 0 Å². The number of hydrogen-bond donors (Lipinski definition) is 1. The first kappa shape index (κ1) is 13.6. The molecule has 0 saturated heterocycles. The van der Waals surface area contributed by atoms with Crippen LogP contribution in [-0.4, -0.2) is 19.2 Å². The molecule has 1 heterocycles. The Hall–Kier alpha value is -2.39. The molecule has 3 nitrogen and oxygen atoms in total. The molecule has 3 aromatic rings. The fourth-order valence-electron chi connectivity index (χ4n) is 2.86. The van der Waals surface area contributed by atoms with Gasteiger partial charge in [0.2, 0.25) is 0 Å². The summed E-state index contributed by atoms with van der Waals surface area (Å²) in [5.74, 6) is 0. The van der Waals surface area contributed by atoms with Gasteiger partial charge in [-0.25, -0.2) is 0 Å². The average molecular weight is 279 g/mol. The second kappa shape index (κ2) is 5.54. The first-order valence-corrected chi connectivity index (χ1v) is 6.88. The number of benzene rings is 2. The molecule has 3 heteroatoms. The minimum absolute atomic E-state index is 0.000975. The molecule has 1 N–H and O–H groups in total. The van der Waals surface area contributed by atoms with Crippen LogP contribution in [0.25, 0.3) is 22.0 Å². The van der Waals surface area contributed by atoms with Crippen molar-refractivity contribution >= 4 is 10.8 Å². The lowest BCUT2D eigenvalue weighted by Gasteiger charge is -2.04. The summed E-state index contributed by atoms with van der Waals surface area (Å²) in [6, 6.07) is 16.1. The third-order valence-corrected chi connectivity index (χ3v) is 3.69. The number of ether oxygens (including phenoxy) is 1. The summed E-state index contributed by atoms with van der Waals surface area (Å²) in [4.78, 5) is 15.1. The molecule has 0 atom stereocenters. The summed E-state index contributed by atoms with van der Waals surface area (Å²) in [5, 5.41) is 1.86. The van der Waals surface area contributed by atoms with Crippen LogP contribution in [0.15, 0.2) is 53.3 Å². The maximum atomic E-state index is 12.1. The van der Waals surface area contributed by atoms with Crippen molar-refractivity contribution in [3.05, 3.63) is 70.0 Å². The van der Waals surface area contributed by atoms with Gasteiger partial charge in [0.05, 0.1) is 5.69 Å². The maximum Gasteiger partial charge on any atom is 0.256 e. The molecular formula is C18H17NO2. The highest BCUT2D eigenvalue weighted by Crippen LogP contribution is 2.37. The zero-order valence-corrected chi connectivity index (χ0v) is 12.1. The standard InChI is InChI=1S/C16H11NO.C2H6O/c18-16-13-8-4-3-7-12(13)14-9-10-5-1-2-6-11(10)15(14)17-16;1-3-2/h1-8H,9H2,(H,17,18);1-2H3. The number of methoxy groups -OCH3 is 1. The van der Waals surface area contributed by atoms with E-state index in [9.17, 15) is 4.79 Å². The predicted octanol–water partition coefficient (Wildman–Crippen LogP) is 3.36. The van der Waals surface area contributed by atoms with Gasteiger partial charge >= 0.3 is 0 Å². The van der Waals surface area contributed by atoms with Gasteiger partial charge in [-0.2, -0.15) is 0 Å². The molecular weight excluding hydrogens is 262 g/mol. The van der Waals surface area contributed by atoms with Gasteiger partial charge in [-0.05, 0) is 22.6 Å². The smallest absolute Gasteiger partial charge is 0.256 e. The van der Waals surface area contributed by atoms with Crippen molar-refractivity contribution in [1.29, 1.82) is 0 Å². The van der Waals surface area contributed by atoms with Crippen molar-refractivity contribution in [2.45, 2.75) is 6.42 Å². The van der Waals surface area contributed by atoms with Crippen LogP contribution in [0.5, 0.6) is 0 Å². The van der Waals surface area contributed by atoms with Crippen molar-refractivity contribution in [3.63, 3.8) is 0 Å². The number of aromatic amines is 1. The minimum atomic E-state index is 0.000975. The van der Waals surface area contributed by atoms with Crippen LogP contribution < -0.4 is 5.56 Å². The molecule has 1 aromatic heterocycles. The van der Waals surface area contributed by atoms with Crippen molar-refractivity contribution in [3.8, 4) is 11.3 Å². The van der Waals surface area contributed by atoms with Gasteiger partial charge in [-0.1, -0.05) is 42.5 Å². The summed E-state index contributed by atoms with van der Waals surface area (Å²) < 4.78 is 4.25. The summed E-state index contributed by atoms with van der Waals surface area (Å²) in [6.07, 6.45) is 0.906. The lowest BCUT2D eigenvalue weighted by molar-refractivity contribution is 0.277. The first-order valence-electron chi connectivity index (χ1n) is 6.88. The van der Waals surface area contributed by atoms with E-state index in [2.05, 4.69) is 21.9 Å². The second-order valence-electron chi connectivity index (χ2n) is 5.10. The third-order valence-electron chi connectivity index (χ3n) is 3.69. The summed E-state index contributed by atoms with van der Waals surface area (Å²) in [5.41, 5.74) is 4.69. The van der Waals surface area contributed by atoms with E-state index >= 15 is 0 Å². The second-order valence-corrected chi connectivity index (χ2v) is 5.10. The molecule has 4 rings (SSSR count). The molecule has 1 aliphatic rings. The number of H-pyrrole nitrogens is 1. The Morgan fingerprint density at radius 2 is 1.57 bits per heavy atom. The maximum absolute atomic E-state index is 12.1. The van der Waals surface area contributed by atoms with Crippen LogP contribution >= 0.6 is 0 Å². The van der Waals surface area contributed by atoms with Crippen LogP contribution in [0.4, 0.5) is 0 Å². The molecule has 0 fully saturated rings. The zero-order valence-electron chi connectivity index (χ0n) is 12.1. The highest BCUT2D eigenvalue weighted by Gasteiger charge is 2.21. The minimum Gasteiger partial charge on any atom is -0.388 e. The summed E-state index contributed by atoms with van der Waals surface area (Å²) >= 11 is 0. The Morgan fingerprint density at radius 3 is 2.33 bits per heavy atom. The number of rotatable bonds is 0. The largest absolute Gasteiger partial charge is 0.388 e. The topological polar surface area (TPSA) is 42.1 Å². The van der Waals surface area contributed by atoms with Crippen molar-refractivity contribution in [2.75, 3.05) is 14.2 Å². The van der Waals surface area contributed by atoms with E-state index in [0.717, 1.165) is 28.5 Å². The monoisotopic (exact) mass is 279 g/mol. The fourth-order valence-corrected chi connectivity index (χ4v) is 2.86. The van der Waals surface area contributed by atoms with Crippen LogP contribution in [0.2, 0.25) is 0 Å². The van der Waals surface area contributed by atoms with Crippen LogP contribution in [0.3, 0.4) is 0 Å². The van der Waals surface area contributed by atoms with E-state index in [1.807, 2.05) is 36.4 Å². The lowest BCUT2D eigenvalue weighted by atomic mass is 10.0. The van der Waals surface area contributed by atoms with Gasteiger partial charge in [-0.15, -0.1) is 0 Å². The molecule has 1 aliphatic carbocycles. The molecule has 0 unspecified atom stereocenters. The van der Waals surface area contributed by atoms with Gasteiger partial charge in [0.25, 0.3) is 5.56 Å². The van der Waals surface area contributed by atoms with Crippen LogP contribution in [0.1, 0.15) is 11.1 Å². The Labute approximate surface area is 123 Å². The normalized spacial score (nSPS) is 11.5. The molecule has 0 aliphatic heterocycles. The van der Waals surface area contributed by atoms with Crippen molar-refractivity contribution < 1.29 is 4.74 Å². The Kier molecular flexibility index (Phi) is 3.59. The number of pyridine rings is 1. The highest BCUT2D eigenvalue weighted by molar-refractivity contribution is 5.92. The van der Waals surface area contributed by atoms with Crippen molar-refractivity contribution in [2.24, 2.45) is 0 Å². The molecule has 0 spiro atoms. The Balaban J connectivity index is 0.000000409. The van der Waals surface area contributed by atoms with E-state index in [1.54, 1.807) is 14.2 Å². The summed E-state index contributed by atoms with van der Waals surface area (Å²) in [6.45, 7) is 0. The van der Waals surface area contributed by atoms with Crippen LogP contribution in [-0.2, 0) is 11.2 Å². The van der Waals surface area contributed by atoms with Crippen LogP contribution in [0, 0.1) is 0 Å². The number of aromatic nitrogens is 1. The SMILES string of the molecule is COC.O=c1[nH]c2c(c3ccccc13)Cc1ccccc1-2. The molecule has 0 saturated carbocycles. The van der Waals surface area contributed by atoms with Gasteiger partial charge in [-0.3, -0.25) is 4.79 Å². The third kappa shape index (κ3) is 2.26. The van der Waals surface area contributed by atoms with Gasteiger partial charge < -0.3 is 9.72 Å². The van der Waals surface area contributed by atoms with Gasteiger partial charge in [0.1, 0.15) is 0 Å². The first-order chi connectivity index (χ1) is 10.3. The van der Waals surface area contributed by atoms with E-state index in [-0.39, 0.29) is 5.56 Å². The summed E-state index contributed by atoms with van der Waals surface area (Å²) in [7, 11) is 3.25. The molecule has 0 bridgehead atoms. The van der Waals surface area contributed by atoms with E-state index in [4.69, 9.17) is 0 Å².